The molecule has 1 saturated heterocycles. The van der Waals surface area contributed by atoms with E-state index < -0.39 is 42.7 Å². The van der Waals surface area contributed by atoms with E-state index in [4.69, 9.17) is 19.5 Å². The van der Waals surface area contributed by atoms with E-state index in [0.29, 0.717) is 6.42 Å². The lowest BCUT2D eigenvalue weighted by Gasteiger charge is -2.34. The summed E-state index contributed by atoms with van der Waals surface area (Å²) in [7, 11) is -0.933. The van der Waals surface area contributed by atoms with E-state index in [1.54, 1.807) is 20.8 Å². The molecule has 0 bridgehead atoms. The third kappa shape index (κ3) is 4.10. The number of aliphatic hydroxyl groups excluding tert-OH is 2. The second kappa shape index (κ2) is 8.49. The summed E-state index contributed by atoms with van der Waals surface area (Å²) in [4.78, 5) is 20.4. The molecule has 3 rings (SSSR count). The summed E-state index contributed by atoms with van der Waals surface area (Å²) >= 11 is 0. The van der Waals surface area contributed by atoms with Crippen molar-refractivity contribution in [1.29, 1.82) is 0 Å². The molecule has 0 aromatic carbocycles. The Balaban J connectivity index is 1.84. The Morgan fingerprint density at radius 2 is 2.06 bits per heavy atom. The third-order valence-corrected chi connectivity index (χ3v) is 8.28. The molecule has 0 spiro atoms. The number of hydrogen-bond donors (Lipinski definition) is 4. The van der Waals surface area contributed by atoms with Crippen LogP contribution in [0, 0.1) is 0 Å². The van der Waals surface area contributed by atoms with Gasteiger partial charge in [-0.05, 0) is 13.3 Å². The molecule has 180 valence electrons. The number of rotatable bonds is 10. The van der Waals surface area contributed by atoms with Gasteiger partial charge in [-0.15, -0.1) is 0 Å². The van der Waals surface area contributed by atoms with Gasteiger partial charge < -0.3 is 25.8 Å². The summed E-state index contributed by atoms with van der Waals surface area (Å²) < 4.78 is 31.0. The van der Waals surface area contributed by atoms with E-state index in [1.807, 2.05) is 0 Å². The molecule has 1 fully saturated rings. The molecule has 0 aliphatic carbocycles. The smallest absolute Gasteiger partial charge is 0.386 e. The molecule has 0 radical (unpaired) electrons. The van der Waals surface area contributed by atoms with Crippen molar-refractivity contribution in [3.63, 3.8) is 0 Å². The highest BCUT2D eigenvalue weighted by Gasteiger charge is 2.70. The van der Waals surface area contributed by atoms with Crippen LogP contribution in [-0.2, 0) is 25.4 Å². The molecule has 14 heteroatoms. The highest BCUT2D eigenvalue weighted by Crippen LogP contribution is 2.80. The van der Waals surface area contributed by atoms with Crippen LogP contribution in [-0.4, -0.2) is 64.9 Å². The van der Waals surface area contributed by atoms with Crippen LogP contribution in [0.1, 0.15) is 46.3 Å². The average molecular weight is 475 g/mol. The number of fused-ring (bicyclic) bond motifs is 1. The van der Waals surface area contributed by atoms with Gasteiger partial charge in [-0.3, -0.25) is 27.5 Å². The van der Waals surface area contributed by atoms with Gasteiger partial charge in [-0.1, -0.05) is 13.8 Å². The lowest BCUT2D eigenvalue weighted by Crippen LogP contribution is -2.42. The molecule has 5 N–H and O–H groups in total. The fourth-order valence-corrected chi connectivity index (χ4v) is 5.46. The Morgan fingerprint density at radius 3 is 2.59 bits per heavy atom. The van der Waals surface area contributed by atoms with Crippen molar-refractivity contribution in [2.45, 2.75) is 69.6 Å². The Morgan fingerprint density at radius 1 is 1.41 bits per heavy atom. The first kappa shape index (κ1) is 24.8. The number of ether oxygens (including phenoxy) is 1. The number of nitrogen functional groups attached to an aromatic ring is 1. The van der Waals surface area contributed by atoms with E-state index in [1.165, 1.54) is 20.5 Å². The standard InChI is InChI=1S/C18H30N5O8P/c1-6-17(3,30-32(28)18(27,7-2)31-32)8-10(29-5)12(24)15(26)23-9-20-11-13(23)21-16(19)22(4)14(11)25/h9-10,12,15,24,26-27H,6-8H2,1-5H3,(H2,19,21). The predicted molar refractivity (Wildman–Crippen MR) is 114 cm³/mol. The van der Waals surface area contributed by atoms with Gasteiger partial charge in [0.2, 0.25) is 5.95 Å². The molecule has 1 aliphatic rings. The summed E-state index contributed by atoms with van der Waals surface area (Å²) in [6, 6.07) is 0. The van der Waals surface area contributed by atoms with Crippen molar-refractivity contribution < 1.29 is 33.7 Å². The van der Waals surface area contributed by atoms with Crippen molar-refractivity contribution in [2.75, 3.05) is 12.8 Å². The number of nitrogens with two attached hydrogens (primary N) is 1. The number of hydrogen-bond acceptors (Lipinski definition) is 11. The van der Waals surface area contributed by atoms with Crippen molar-refractivity contribution >= 4 is 24.7 Å². The average Bonchev–Trinajstić information content (AvgIpc) is 3.08. The maximum atomic E-state index is 12.7. The molecule has 13 nitrogen and oxygen atoms in total. The van der Waals surface area contributed by atoms with Crippen molar-refractivity contribution in [1.82, 2.24) is 19.1 Å². The van der Waals surface area contributed by atoms with Crippen LogP contribution in [0.2, 0.25) is 0 Å². The number of anilines is 1. The Bertz CT molecular complexity index is 1100. The Kier molecular flexibility index (Phi) is 6.57. The van der Waals surface area contributed by atoms with Crippen LogP contribution in [0.15, 0.2) is 11.1 Å². The van der Waals surface area contributed by atoms with Crippen LogP contribution < -0.4 is 11.3 Å². The van der Waals surface area contributed by atoms with Crippen LogP contribution in [0.25, 0.3) is 11.2 Å². The molecule has 6 unspecified atom stereocenters. The number of imidazole rings is 1. The van der Waals surface area contributed by atoms with E-state index in [-0.39, 0.29) is 30.0 Å². The highest BCUT2D eigenvalue weighted by atomic mass is 31.2. The van der Waals surface area contributed by atoms with E-state index in [2.05, 4.69) is 9.97 Å². The minimum absolute atomic E-state index is 0.00494. The van der Waals surface area contributed by atoms with Crippen molar-refractivity contribution in [3.05, 3.63) is 16.7 Å². The zero-order valence-corrected chi connectivity index (χ0v) is 19.5. The van der Waals surface area contributed by atoms with Gasteiger partial charge in [0.1, 0.15) is 6.10 Å². The van der Waals surface area contributed by atoms with Gasteiger partial charge in [0.25, 0.3) is 11.1 Å². The number of aromatic nitrogens is 4. The maximum absolute atomic E-state index is 12.7. The zero-order chi connectivity index (χ0) is 24.1. The fraction of sp³-hybridized carbons (Fsp3) is 0.722. The molecule has 0 saturated carbocycles. The fourth-order valence-electron chi connectivity index (χ4n) is 3.44. The summed E-state index contributed by atoms with van der Waals surface area (Å²) in [5, 5.41) is 31.8. The second-order valence-electron chi connectivity index (χ2n) is 8.12. The molecule has 6 atom stereocenters. The van der Waals surface area contributed by atoms with E-state index >= 15 is 0 Å². The largest absolute Gasteiger partial charge is 0.393 e. The summed E-state index contributed by atoms with van der Waals surface area (Å²) in [6.07, 6.45) is -2.46. The second-order valence-corrected chi connectivity index (χ2v) is 10.2. The molecule has 1 aliphatic heterocycles. The van der Waals surface area contributed by atoms with Crippen LogP contribution in [0.3, 0.4) is 0 Å². The Hall–Kier alpha value is -1.86. The molecule has 2 aromatic rings. The lowest BCUT2D eigenvalue weighted by molar-refractivity contribution is -0.121. The summed E-state index contributed by atoms with van der Waals surface area (Å²) in [5.41, 5.74) is 2.31. The van der Waals surface area contributed by atoms with Gasteiger partial charge in [0, 0.05) is 27.0 Å². The molecular weight excluding hydrogens is 445 g/mol. The predicted octanol–water partition coefficient (Wildman–Crippen LogP) is 0.434. The topological polar surface area (TPSA) is 187 Å². The van der Waals surface area contributed by atoms with Crippen LogP contribution in [0.5, 0.6) is 0 Å². The van der Waals surface area contributed by atoms with Gasteiger partial charge in [0.05, 0.1) is 18.0 Å². The normalized spacial score (nSPS) is 27.8. The van der Waals surface area contributed by atoms with E-state index in [9.17, 15) is 24.7 Å². The first-order chi connectivity index (χ1) is 14.8. The monoisotopic (exact) mass is 475 g/mol. The van der Waals surface area contributed by atoms with Gasteiger partial charge >= 0.3 is 7.60 Å². The summed E-state index contributed by atoms with van der Waals surface area (Å²) in [6.45, 7) is 5.05. The van der Waals surface area contributed by atoms with Crippen molar-refractivity contribution in [3.8, 4) is 0 Å². The SMILES string of the molecule is CCC(C)(CC(OC)C(O)C(O)n1cnc2c(=O)n(C)c(N)nc21)OP1(=O)OC1(O)CC. The summed E-state index contributed by atoms with van der Waals surface area (Å²) in [5.74, 6) is -0.0845. The first-order valence-electron chi connectivity index (χ1n) is 10.2. The molecule has 0 amide bonds. The lowest BCUT2D eigenvalue weighted by atomic mass is 9.92. The highest BCUT2D eigenvalue weighted by molar-refractivity contribution is 7.61. The quantitative estimate of drug-likeness (QED) is 0.276. The first-order valence-corrected chi connectivity index (χ1v) is 11.7. The number of methoxy groups -OCH3 is 1. The molecule has 2 aromatic heterocycles. The number of nitrogens with zero attached hydrogens (tertiary/aromatic N) is 4. The van der Waals surface area contributed by atoms with Gasteiger partial charge in [0.15, 0.2) is 17.4 Å². The minimum atomic E-state index is -3.71. The van der Waals surface area contributed by atoms with E-state index in [0.717, 1.165) is 9.13 Å². The van der Waals surface area contributed by atoms with Crippen molar-refractivity contribution in [2.24, 2.45) is 7.05 Å². The molecule has 32 heavy (non-hydrogen) atoms. The maximum Gasteiger partial charge on any atom is 0.393 e. The number of aliphatic hydroxyl groups is 3. The third-order valence-electron chi connectivity index (χ3n) is 5.96. The van der Waals surface area contributed by atoms with Crippen LogP contribution >= 0.6 is 7.60 Å². The molecular formula is C18H30N5O8P. The minimum Gasteiger partial charge on any atom is -0.386 e. The van der Waals surface area contributed by atoms with Gasteiger partial charge in [-0.25, -0.2) is 4.98 Å². The zero-order valence-electron chi connectivity index (χ0n) is 18.6. The van der Waals surface area contributed by atoms with Crippen LogP contribution in [0.4, 0.5) is 5.95 Å². The molecule has 3 heterocycles. The Labute approximate surface area is 184 Å². The van der Waals surface area contributed by atoms with Gasteiger partial charge in [-0.2, -0.15) is 4.98 Å².